The number of aromatic nitrogens is 6. The van der Waals surface area contributed by atoms with Crippen LogP contribution < -0.4 is 9.47 Å². The van der Waals surface area contributed by atoms with Crippen LogP contribution in [0.5, 0.6) is 29.0 Å². The highest BCUT2D eigenvalue weighted by atomic mass is 79.9. The molecule has 0 aliphatic heterocycles. The van der Waals surface area contributed by atoms with Gasteiger partial charge in [-0.2, -0.15) is 0 Å². The van der Waals surface area contributed by atoms with E-state index in [2.05, 4.69) is 55.3 Å². The van der Waals surface area contributed by atoms with Gasteiger partial charge in [0.1, 0.15) is 38.9 Å². The minimum absolute atomic E-state index is 0.0200. The van der Waals surface area contributed by atoms with E-state index in [1.54, 1.807) is 55.0 Å². The number of pyridine rings is 6. The highest BCUT2D eigenvalue weighted by molar-refractivity contribution is 9.10. The molecule has 6 heterocycles. The summed E-state index contributed by atoms with van der Waals surface area (Å²) in [6.45, 7) is 0. The number of methoxy groups -OCH3 is 2. The number of carboxylic acids is 1. The predicted molar refractivity (Wildman–Crippen MR) is 185 cm³/mol. The molecule has 0 atom stereocenters. The Hall–Kier alpha value is -6.81. The van der Waals surface area contributed by atoms with Crippen molar-refractivity contribution in [2.75, 3.05) is 14.2 Å². The van der Waals surface area contributed by atoms with Crippen molar-refractivity contribution < 1.29 is 43.5 Å². The standard InChI is InChI=1S/C12H10N2O3.C11H8N2O3.C7H7NO3.C5H4BrN/c1-16-12(15)10-6-5-9(8-14-10)17-11-4-2-3-7-13-11;14-11(15)9-5-4-8(7-13-9)16-10-3-1-2-6-12-10;1-11-7(10)6-3-2-5(9)4-8-6;6-5-3-1-2-4-7-5/h2-8H,1H3;1-7H,(H,14,15);2-4,9H,1H3;1-4H. The molecule has 260 valence electrons. The average Bonchev–Trinajstić information content (AvgIpc) is 3.17. The minimum atomic E-state index is -1.07. The van der Waals surface area contributed by atoms with Gasteiger partial charge in [-0.3, -0.25) is 0 Å². The summed E-state index contributed by atoms with van der Waals surface area (Å²) >= 11 is 3.20. The lowest BCUT2D eigenvalue weighted by Crippen LogP contribution is -2.03. The Morgan fingerprint density at radius 2 is 1.00 bits per heavy atom. The maximum absolute atomic E-state index is 11.1. The average molecular weight is 758 g/mol. The van der Waals surface area contributed by atoms with Gasteiger partial charge in [0.05, 0.1) is 32.8 Å². The van der Waals surface area contributed by atoms with Gasteiger partial charge >= 0.3 is 17.9 Å². The third-order valence-electron chi connectivity index (χ3n) is 5.58. The summed E-state index contributed by atoms with van der Waals surface area (Å²) in [4.78, 5) is 55.6. The topological polar surface area (TPSA) is 206 Å². The number of hydrogen-bond acceptors (Lipinski definition) is 14. The zero-order valence-electron chi connectivity index (χ0n) is 26.9. The molecule has 16 heteroatoms. The van der Waals surface area contributed by atoms with Gasteiger partial charge in [-0.25, -0.2) is 44.3 Å². The molecule has 0 fully saturated rings. The smallest absolute Gasteiger partial charge is 0.356 e. The van der Waals surface area contributed by atoms with Gasteiger partial charge in [0.15, 0.2) is 0 Å². The maximum Gasteiger partial charge on any atom is 0.356 e. The van der Waals surface area contributed by atoms with Crippen LogP contribution in [0.2, 0.25) is 0 Å². The summed E-state index contributed by atoms with van der Waals surface area (Å²) in [5.74, 6) is -0.158. The van der Waals surface area contributed by atoms with E-state index in [0.29, 0.717) is 23.3 Å². The fourth-order valence-corrected chi connectivity index (χ4v) is 3.51. The summed E-state index contributed by atoms with van der Waals surface area (Å²) in [5.41, 5.74) is 0.402. The first-order valence-corrected chi connectivity index (χ1v) is 15.2. The molecule has 6 rings (SSSR count). The minimum Gasteiger partial charge on any atom is -0.506 e. The van der Waals surface area contributed by atoms with Gasteiger partial charge < -0.3 is 29.2 Å². The maximum atomic E-state index is 11.1. The highest BCUT2D eigenvalue weighted by Crippen LogP contribution is 2.18. The van der Waals surface area contributed by atoms with Crippen molar-refractivity contribution >= 4 is 33.8 Å². The number of carbonyl (C=O) groups is 3. The molecule has 0 saturated carbocycles. The first kappa shape index (κ1) is 38.6. The number of aromatic carboxylic acids is 1. The summed E-state index contributed by atoms with van der Waals surface area (Å²) in [5, 5.41) is 17.4. The molecule has 0 amide bonds. The lowest BCUT2D eigenvalue weighted by molar-refractivity contribution is 0.0585. The molecular weight excluding hydrogens is 728 g/mol. The molecule has 0 bridgehead atoms. The molecule has 6 aromatic heterocycles. The van der Waals surface area contributed by atoms with E-state index in [1.807, 2.05) is 24.3 Å². The molecule has 0 radical (unpaired) electrons. The molecule has 0 aliphatic rings. The van der Waals surface area contributed by atoms with Crippen LogP contribution >= 0.6 is 15.9 Å². The van der Waals surface area contributed by atoms with Gasteiger partial charge in [-0.05, 0) is 76.6 Å². The molecule has 51 heavy (non-hydrogen) atoms. The Bertz CT molecular complexity index is 1920. The quantitative estimate of drug-likeness (QED) is 0.133. The Morgan fingerprint density at radius 3 is 1.31 bits per heavy atom. The van der Waals surface area contributed by atoms with Crippen LogP contribution in [0.1, 0.15) is 31.5 Å². The van der Waals surface area contributed by atoms with E-state index in [1.165, 1.54) is 63.1 Å². The predicted octanol–water partition coefficient (Wildman–Crippen LogP) is 6.44. The van der Waals surface area contributed by atoms with E-state index in [9.17, 15) is 14.4 Å². The van der Waals surface area contributed by atoms with Crippen molar-refractivity contribution in [3.05, 3.63) is 150 Å². The molecule has 0 spiro atoms. The Kier molecular flexibility index (Phi) is 16.1. The van der Waals surface area contributed by atoms with Crippen molar-refractivity contribution in [3.63, 3.8) is 0 Å². The second-order valence-corrected chi connectivity index (χ2v) is 9.95. The molecule has 0 aromatic carbocycles. The number of rotatable bonds is 7. The van der Waals surface area contributed by atoms with Crippen molar-refractivity contribution in [3.8, 4) is 29.0 Å². The molecule has 6 aromatic rings. The fourth-order valence-electron chi connectivity index (χ4n) is 3.24. The summed E-state index contributed by atoms with van der Waals surface area (Å²) in [6.07, 6.45) is 8.95. The molecule has 0 saturated heterocycles. The van der Waals surface area contributed by atoms with E-state index in [0.717, 1.165) is 4.60 Å². The van der Waals surface area contributed by atoms with Crippen LogP contribution in [0.15, 0.2) is 133 Å². The van der Waals surface area contributed by atoms with Gasteiger partial charge in [0.25, 0.3) is 0 Å². The van der Waals surface area contributed by atoms with Crippen LogP contribution in [0.25, 0.3) is 0 Å². The molecule has 0 aliphatic carbocycles. The summed E-state index contributed by atoms with van der Waals surface area (Å²) < 4.78 is 20.6. The third-order valence-corrected chi connectivity index (χ3v) is 6.05. The van der Waals surface area contributed by atoms with Gasteiger partial charge in [0, 0.05) is 30.7 Å². The van der Waals surface area contributed by atoms with Gasteiger partial charge in [-0.15, -0.1) is 0 Å². The Labute approximate surface area is 299 Å². The monoisotopic (exact) mass is 756 g/mol. The number of ether oxygens (including phenoxy) is 4. The van der Waals surface area contributed by atoms with Crippen LogP contribution in [0.3, 0.4) is 0 Å². The van der Waals surface area contributed by atoms with E-state index < -0.39 is 17.9 Å². The molecule has 0 unspecified atom stereocenters. The first-order chi connectivity index (χ1) is 24.7. The Balaban J connectivity index is 0.000000192. The lowest BCUT2D eigenvalue weighted by Gasteiger charge is -2.04. The number of hydrogen-bond donors (Lipinski definition) is 2. The fraction of sp³-hybridized carbons (Fsp3) is 0.0571. The second-order valence-electron chi connectivity index (χ2n) is 9.14. The highest BCUT2D eigenvalue weighted by Gasteiger charge is 2.08. The third kappa shape index (κ3) is 14.5. The van der Waals surface area contributed by atoms with Crippen molar-refractivity contribution in [1.29, 1.82) is 0 Å². The zero-order chi connectivity index (χ0) is 36.8. The summed E-state index contributed by atoms with van der Waals surface area (Å²) in [6, 6.07) is 25.1. The van der Waals surface area contributed by atoms with E-state index in [4.69, 9.17) is 19.7 Å². The number of esters is 2. The van der Waals surface area contributed by atoms with Crippen LogP contribution in [-0.4, -0.2) is 72.2 Å². The Morgan fingerprint density at radius 1 is 0.549 bits per heavy atom. The zero-order valence-corrected chi connectivity index (χ0v) is 28.5. The molecular formula is C35H29BrN6O9. The van der Waals surface area contributed by atoms with Crippen molar-refractivity contribution in [2.24, 2.45) is 0 Å². The number of carbonyl (C=O) groups excluding carboxylic acids is 2. The lowest BCUT2D eigenvalue weighted by atomic mass is 10.3. The SMILES string of the molecule is Brc1ccccn1.COC(=O)c1ccc(O)cn1.COC(=O)c1ccc(Oc2ccccn2)cn1.O=C(O)c1ccc(Oc2ccccn2)cn1. The van der Waals surface area contributed by atoms with Crippen LogP contribution in [0, 0.1) is 0 Å². The largest absolute Gasteiger partial charge is 0.506 e. The van der Waals surface area contributed by atoms with Crippen molar-refractivity contribution in [1.82, 2.24) is 29.9 Å². The number of nitrogens with zero attached hydrogens (tertiary/aromatic N) is 6. The second kappa shape index (κ2) is 21.2. The number of carboxylic acid groups (broad SMARTS) is 1. The van der Waals surface area contributed by atoms with E-state index >= 15 is 0 Å². The normalized spacial score (nSPS) is 9.47. The summed E-state index contributed by atoms with van der Waals surface area (Å²) in [7, 11) is 2.58. The van der Waals surface area contributed by atoms with E-state index in [-0.39, 0.29) is 22.8 Å². The van der Waals surface area contributed by atoms with Crippen LogP contribution in [-0.2, 0) is 9.47 Å². The van der Waals surface area contributed by atoms with Crippen LogP contribution in [0.4, 0.5) is 0 Å². The number of halogens is 1. The van der Waals surface area contributed by atoms with Crippen molar-refractivity contribution in [2.45, 2.75) is 0 Å². The van der Waals surface area contributed by atoms with Gasteiger partial charge in [-0.1, -0.05) is 18.2 Å². The molecule has 2 N–H and O–H groups in total. The number of aromatic hydroxyl groups is 1. The molecule has 15 nitrogen and oxygen atoms in total. The van der Waals surface area contributed by atoms with Gasteiger partial charge in [0.2, 0.25) is 11.8 Å². The first-order valence-electron chi connectivity index (χ1n) is 14.4.